The monoisotopic (exact) mass is 329 g/mol. The van der Waals surface area contributed by atoms with E-state index in [4.69, 9.17) is 9.47 Å². The molecule has 0 atom stereocenters. The Bertz CT molecular complexity index is 835. The van der Waals surface area contributed by atoms with Crippen molar-refractivity contribution in [2.45, 2.75) is 20.8 Å². The molecule has 3 rings (SSSR count). The van der Waals surface area contributed by atoms with Crippen LogP contribution < -0.4 is 10.3 Å². The lowest BCUT2D eigenvalue weighted by atomic mass is 10.3. The first-order valence-electron chi connectivity index (χ1n) is 7.98. The van der Waals surface area contributed by atoms with Crippen molar-refractivity contribution >= 4 is 11.0 Å². The van der Waals surface area contributed by atoms with Crippen LogP contribution in [0.2, 0.25) is 0 Å². The zero-order chi connectivity index (χ0) is 17.5. The summed E-state index contributed by atoms with van der Waals surface area (Å²) in [6.45, 7) is 6.99. The molecule has 24 heavy (non-hydrogen) atoms. The van der Waals surface area contributed by atoms with Gasteiger partial charge in [-0.1, -0.05) is 13.8 Å². The number of hydrogen-bond acceptors (Lipinski definition) is 4. The predicted molar refractivity (Wildman–Crippen MR) is 95.1 cm³/mol. The number of nitrogens with one attached hydrogen (secondary N) is 1. The van der Waals surface area contributed by atoms with E-state index in [0.29, 0.717) is 24.2 Å². The molecule has 0 aliphatic carbocycles. The first-order valence-corrected chi connectivity index (χ1v) is 7.98. The van der Waals surface area contributed by atoms with Gasteiger partial charge in [-0.3, -0.25) is 4.79 Å². The van der Waals surface area contributed by atoms with Gasteiger partial charge in [0.2, 0.25) is 0 Å². The number of benzene rings is 1. The Morgan fingerprint density at radius 1 is 1.17 bits per heavy atom. The molecule has 6 nitrogen and oxygen atoms in total. The van der Waals surface area contributed by atoms with Crippen molar-refractivity contribution in [3.05, 3.63) is 52.7 Å². The van der Waals surface area contributed by atoms with Gasteiger partial charge in [-0.15, -0.1) is 0 Å². The maximum atomic E-state index is 12.1. The van der Waals surface area contributed by atoms with Gasteiger partial charge in [0, 0.05) is 19.0 Å². The van der Waals surface area contributed by atoms with E-state index in [1.807, 2.05) is 55.8 Å². The van der Waals surface area contributed by atoms with Crippen molar-refractivity contribution in [1.82, 2.24) is 14.5 Å². The van der Waals surface area contributed by atoms with Gasteiger partial charge in [0.1, 0.15) is 17.9 Å². The number of aryl methyl sites for hydroxylation is 1. The van der Waals surface area contributed by atoms with E-state index in [1.54, 1.807) is 7.11 Å². The van der Waals surface area contributed by atoms with E-state index in [-0.39, 0.29) is 5.56 Å². The second kappa shape index (κ2) is 8.31. The van der Waals surface area contributed by atoms with Gasteiger partial charge in [-0.25, -0.2) is 4.98 Å². The number of nitrogens with zero attached hydrogens (tertiary/aromatic N) is 2. The van der Waals surface area contributed by atoms with Gasteiger partial charge in [0.25, 0.3) is 5.56 Å². The average molecular weight is 329 g/mol. The molecular weight excluding hydrogens is 306 g/mol. The van der Waals surface area contributed by atoms with Gasteiger partial charge in [-0.05, 0) is 36.8 Å². The lowest BCUT2D eigenvalue weighted by Crippen LogP contribution is -2.10. The van der Waals surface area contributed by atoms with Crippen LogP contribution in [0.15, 0.2) is 41.6 Å². The molecule has 1 N–H and O–H groups in total. The average Bonchev–Trinajstić information content (AvgIpc) is 2.96. The summed E-state index contributed by atoms with van der Waals surface area (Å²) >= 11 is 0. The van der Waals surface area contributed by atoms with Crippen LogP contribution in [0.4, 0.5) is 0 Å². The molecular formula is C18H23N3O3. The van der Waals surface area contributed by atoms with Crippen molar-refractivity contribution in [2.24, 2.45) is 0 Å². The first-order chi connectivity index (χ1) is 11.7. The number of aromatic amines is 1. The molecule has 3 aromatic rings. The normalized spacial score (nSPS) is 10.3. The second-order valence-corrected chi connectivity index (χ2v) is 4.95. The summed E-state index contributed by atoms with van der Waals surface area (Å²) in [5, 5.41) is 0. The summed E-state index contributed by atoms with van der Waals surface area (Å²) in [5.74, 6) is 0.765. The highest BCUT2D eigenvalue weighted by Gasteiger charge is 2.11. The zero-order valence-corrected chi connectivity index (χ0v) is 14.5. The number of aromatic nitrogens is 3. The van der Waals surface area contributed by atoms with Crippen LogP contribution in [0.1, 0.15) is 19.4 Å². The van der Waals surface area contributed by atoms with Crippen LogP contribution in [-0.2, 0) is 4.74 Å². The third-order valence-corrected chi connectivity index (χ3v) is 3.44. The molecule has 128 valence electrons. The minimum absolute atomic E-state index is 0.154. The van der Waals surface area contributed by atoms with Crippen LogP contribution >= 0.6 is 0 Å². The maximum Gasteiger partial charge on any atom is 0.275 e. The summed E-state index contributed by atoms with van der Waals surface area (Å²) in [7, 11) is 1.64. The van der Waals surface area contributed by atoms with Gasteiger partial charge in [0.15, 0.2) is 0 Å². The quantitative estimate of drug-likeness (QED) is 0.730. The molecule has 6 heteroatoms. The van der Waals surface area contributed by atoms with Crippen LogP contribution in [-0.4, -0.2) is 34.9 Å². The molecule has 0 bridgehead atoms. The summed E-state index contributed by atoms with van der Waals surface area (Å²) < 4.78 is 12.3. The first kappa shape index (κ1) is 17.7. The van der Waals surface area contributed by atoms with Crippen molar-refractivity contribution in [2.75, 3.05) is 20.3 Å². The Kier molecular flexibility index (Phi) is 6.14. The topological polar surface area (TPSA) is 69.1 Å². The fourth-order valence-corrected chi connectivity index (χ4v) is 2.37. The highest BCUT2D eigenvalue weighted by Crippen LogP contribution is 2.21. The van der Waals surface area contributed by atoms with Crippen molar-refractivity contribution in [1.29, 1.82) is 0 Å². The Balaban J connectivity index is 0.00000100. The standard InChI is InChI=1S/C16H17N3O3.C2H6/c1-11-9-19(15-14(11)17-10-18-16(15)20)12-3-5-13(6-4-12)22-8-7-21-2;1-2/h3-6,9-10H,7-8H2,1-2H3,(H,17,18,20);1-2H3. The van der Waals surface area contributed by atoms with E-state index < -0.39 is 0 Å². The van der Waals surface area contributed by atoms with Crippen LogP contribution in [0, 0.1) is 6.92 Å². The third-order valence-electron chi connectivity index (χ3n) is 3.44. The number of ether oxygens (including phenoxy) is 2. The molecule has 2 aromatic heterocycles. The molecule has 0 saturated carbocycles. The summed E-state index contributed by atoms with van der Waals surface area (Å²) in [6.07, 6.45) is 3.34. The molecule has 0 fully saturated rings. The largest absolute Gasteiger partial charge is 0.491 e. The summed E-state index contributed by atoms with van der Waals surface area (Å²) in [5.41, 5.74) is 2.95. The Hall–Kier alpha value is -2.60. The molecule has 0 aliphatic heterocycles. The lowest BCUT2D eigenvalue weighted by molar-refractivity contribution is 0.146. The summed E-state index contributed by atoms with van der Waals surface area (Å²) in [6, 6.07) is 7.56. The van der Waals surface area contributed by atoms with E-state index in [9.17, 15) is 4.79 Å². The minimum atomic E-state index is -0.154. The third kappa shape index (κ3) is 3.65. The van der Waals surface area contributed by atoms with E-state index >= 15 is 0 Å². The highest BCUT2D eigenvalue weighted by molar-refractivity contribution is 5.80. The van der Waals surface area contributed by atoms with Crippen molar-refractivity contribution < 1.29 is 9.47 Å². The van der Waals surface area contributed by atoms with Crippen LogP contribution in [0.25, 0.3) is 16.7 Å². The predicted octanol–water partition coefficient (Wildman–Crippen LogP) is 3.07. The Morgan fingerprint density at radius 3 is 2.54 bits per heavy atom. The van der Waals surface area contributed by atoms with E-state index in [1.165, 1.54) is 6.33 Å². The van der Waals surface area contributed by atoms with Gasteiger partial charge in [-0.2, -0.15) is 0 Å². The number of rotatable bonds is 5. The lowest BCUT2D eigenvalue weighted by Gasteiger charge is -2.08. The molecule has 1 aromatic carbocycles. The van der Waals surface area contributed by atoms with Crippen LogP contribution in [0.3, 0.4) is 0 Å². The number of hydrogen-bond donors (Lipinski definition) is 1. The second-order valence-electron chi connectivity index (χ2n) is 4.95. The van der Waals surface area contributed by atoms with Crippen molar-refractivity contribution in [3.63, 3.8) is 0 Å². The molecule has 0 saturated heterocycles. The Morgan fingerprint density at radius 2 is 1.88 bits per heavy atom. The molecule has 0 amide bonds. The number of H-pyrrole nitrogens is 1. The Labute approximate surface area is 141 Å². The van der Waals surface area contributed by atoms with Crippen molar-refractivity contribution in [3.8, 4) is 11.4 Å². The molecule has 0 radical (unpaired) electrons. The van der Waals surface area contributed by atoms with Gasteiger partial charge < -0.3 is 19.0 Å². The van der Waals surface area contributed by atoms with Gasteiger partial charge >= 0.3 is 0 Å². The molecule has 0 spiro atoms. The molecule has 0 unspecified atom stereocenters. The SMILES string of the molecule is CC.COCCOc1ccc(-n2cc(C)c3nc[nH]c(=O)c32)cc1. The summed E-state index contributed by atoms with van der Waals surface area (Å²) in [4.78, 5) is 18.9. The smallest absolute Gasteiger partial charge is 0.275 e. The van der Waals surface area contributed by atoms with Gasteiger partial charge in [0.05, 0.1) is 18.5 Å². The zero-order valence-electron chi connectivity index (χ0n) is 14.5. The fraction of sp³-hybridized carbons (Fsp3) is 0.333. The fourth-order valence-electron chi connectivity index (χ4n) is 2.37. The molecule has 2 heterocycles. The van der Waals surface area contributed by atoms with E-state index in [0.717, 1.165) is 17.0 Å². The van der Waals surface area contributed by atoms with E-state index in [2.05, 4.69) is 9.97 Å². The number of methoxy groups -OCH3 is 1. The minimum Gasteiger partial charge on any atom is -0.491 e. The molecule has 0 aliphatic rings. The maximum absolute atomic E-state index is 12.1. The van der Waals surface area contributed by atoms with Crippen LogP contribution in [0.5, 0.6) is 5.75 Å². The number of fused-ring (bicyclic) bond motifs is 1. The highest BCUT2D eigenvalue weighted by atomic mass is 16.5.